The summed E-state index contributed by atoms with van der Waals surface area (Å²) in [4.78, 5) is 11.8. The van der Waals surface area contributed by atoms with Crippen molar-refractivity contribution >= 4 is 5.91 Å². The second-order valence-electron chi connectivity index (χ2n) is 7.10. The van der Waals surface area contributed by atoms with Gasteiger partial charge in [0.05, 0.1) is 6.54 Å². The van der Waals surface area contributed by atoms with Crippen molar-refractivity contribution in [3.63, 3.8) is 0 Å². The Hall–Kier alpha value is -0.570. The van der Waals surface area contributed by atoms with E-state index < -0.39 is 0 Å². The third kappa shape index (κ3) is 2.07. The molecule has 0 saturated heterocycles. The molecule has 0 aromatic heterocycles. The lowest BCUT2D eigenvalue weighted by Crippen LogP contribution is -2.56. The van der Waals surface area contributed by atoms with Crippen LogP contribution in [0, 0.1) is 23.2 Å². The van der Waals surface area contributed by atoms with Gasteiger partial charge in [-0.15, -0.1) is 0 Å². The molecule has 0 radical (unpaired) electrons. The molecule has 0 aromatic rings. The molecule has 0 aliphatic heterocycles. The first-order valence-electron chi connectivity index (χ1n) is 7.55. The molecule has 102 valence electrons. The lowest BCUT2D eigenvalue weighted by molar-refractivity contribution is -0.125. The van der Waals surface area contributed by atoms with Crippen LogP contribution in [0.4, 0.5) is 0 Å². The summed E-state index contributed by atoms with van der Waals surface area (Å²) in [5, 5.41) is 6.17. The fourth-order valence-corrected chi connectivity index (χ4v) is 5.31. The molecule has 3 heteroatoms. The highest BCUT2D eigenvalue weighted by Gasteiger charge is 2.53. The van der Waals surface area contributed by atoms with Crippen molar-refractivity contribution in [3.05, 3.63) is 0 Å². The van der Waals surface area contributed by atoms with Crippen molar-refractivity contribution < 1.29 is 4.79 Å². The molecule has 4 saturated carbocycles. The van der Waals surface area contributed by atoms with E-state index in [2.05, 4.69) is 17.6 Å². The maximum atomic E-state index is 11.8. The summed E-state index contributed by atoms with van der Waals surface area (Å²) in [6.07, 6.45) is 8.49. The zero-order valence-electron chi connectivity index (χ0n) is 11.7. The van der Waals surface area contributed by atoms with Gasteiger partial charge < -0.3 is 10.6 Å². The van der Waals surface area contributed by atoms with E-state index in [0.717, 1.165) is 17.8 Å². The number of carbonyl (C=O) groups excluding carboxylic acids is 1. The molecule has 4 bridgehead atoms. The molecule has 0 aromatic carbocycles. The van der Waals surface area contributed by atoms with Gasteiger partial charge in [-0.25, -0.2) is 0 Å². The zero-order chi connectivity index (χ0) is 12.8. The number of carbonyl (C=O) groups is 1. The van der Waals surface area contributed by atoms with Crippen LogP contribution in [0.15, 0.2) is 0 Å². The summed E-state index contributed by atoms with van der Waals surface area (Å²) in [5.74, 6) is 3.03. The van der Waals surface area contributed by atoms with Gasteiger partial charge >= 0.3 is 0 Å². The molecule has 1 atom stereocenters. The van der Waals surface area contributed by atoms with Crippen LogP contribution in [0.1, 0.15) is 45.4 Å². The third-order valence-corrected chi connectivity index (χ3v) is 5.72. The molecular formula is C15H26N2O. The van der Waals surface area contributed by atoms with Crippen LogP contribution < -0.4 is 10.6 Å². The molecule has 2 N–H and O–H groups in total. The van der Waals surface area contributed by atoms with Crippen molar-refractivity contribution in [2.24, 2.45) is 23.2 Å². The van der Waals surface area contributed by atoms with Gasteiger partial charge in [-0.3, -0.25) is 4.79 Å². The molecular weight excluding hydrogens is 224 g/mol. The minimum absolute atomic E-state index is 0.153. The van der Waals surface area contributed by atoms with Gasteiger partial charge in [0, 0.05) is 6.04 Å². The predicted octanol–water partition coefficient (Wildman–Crippen LogP) is 1.93. The lowest BCUT2D eigenvalue weighted by atomic mass is 9.48. The summed E-state index contributed by atoms with van der Waals surface area (Å²) in [6, 6.07) is 0.353. The molecule has 4 aliphatic rings. The second kappa shape index (κ2) is 4.52. The van der Waals surface area contributed by atoms with Crippen molar-refractivity contribution in [1.82, 2.24) is 10.6 Å². The Labute approximate surface area is 110 Å². The second-order valence-corrected chi connectivity index (χ2v) is 7.10. The minimum Gasteiger partial charge on any atom is -0.352 e. The molecule has 0 spiro atoms. The zero-order valence-corrected chi connectivity index (χ0v) is 11.7. The number of nitrogens with one attached hydrogen (secondary N) is 2. The van der Waals surface area contributed by atoms with Crippen LogP contribution in [0.2, 0.25) is 0 Å². The fraction of sp³-hybridized carbons (Fsp3) is 0.933. The Balaban J connectivity index is 1.69. The summed E-state index contributed by atoms with van der Waals surface area (Å²) in [6.45, 7) is 2.68. The van der Waals surface area contributed by atoms with E-state index in [0.29, 0.717) is 18.0 Å². The number of hydrogen-bond acceptors (Lipinski definition) is 2. The average molecular weight is 250 g/mol. The van der Waals surface area contributed by atoms with Gasteiger partial charge in [-0.05, 0) is 75.7 Å². The van der Waals surface area contributed by atoms with Crippen LogP contribution in [0.25, 0.3) is 0 Å². The number of hydrogen-bond donors (Lipinski definition) is 2. The molecule has 0 heterocycles. The third-order valence-electron chi connectivity index (χ3n) is 5.72. The van der Waals surface area contributed by atoms with Gasteiger partial charge in [0.2, 0.25) is 5.91 Å². The van der Waals surface area contributed by atoms with Gasteiger partial charge in [-0.2, -0.15) is 0 Å². The molecule has 4 fully saturated rings. The van der Waals surface area contributed by atoms with Crippen molar-refractivity contribution in [3.8, 4) is 0 Å². The van der Waals surface area contributed by atoms with Crippen LogP contribution >= 0.6 is 0 Å². The fourth-order valence-electron chi connectivity index (χ4n) is 5.31. The smallest absolute Gasteiger partial charge is 0.234 e. The first-order chi connectivity index (χ1) is 8.61. The first kappa shape index (κ1) is 12.5. The minimum atomic E-state index is 0.153. The quantitative estimate of drug-likeness (QED) is 0.800. The topological polar surface area (TPSA) is 41.1 Å². The molecule has 18 heavy (non-hydrogen) atoms. The Bertz CT molecular complexity index is 304. The Kier molecular flexibility index (Phi) is 3.13. The molecule has 1 unspecified atom stereocenters. The monoisotopic (exact) mass is 250 g/mol. The van der Waals surface area contributed by atoms with Gasteiger partial charge in [0.25, 0.3) is 0 Å². The average Bonchev–Trinajstić information content (AvgIpc) is 2.27. The van der Waals surface area contributed by atoms with Crippen LogP contribution in [-0.4, -0.2) is 25.5 Å². The van der Waals surface area contributed by atoms with Crippen molar-refractivity contribution in [1.29, 1.82) is 0 Å². The maximum Gasteiger partial charge on any atom is 0.234 e. The van der Waals surface area contributed by atoms with Crippen LogP contribution in [0.5, 0.6) is 0 Å². The van der Waals surface area contributed by atoms with Gasteiger partial charge in [0.1, 0.15) is 0 Å². The summed E-state index contributed by atoms with van der Waals surface area (Å²) in [7, 11) is 1.83. The highest BCUT2D eigenvalue weighted by atomic mass is 16.1. The van der Waals surface area contributed by atoms with E-state index in [1.807, 2.05) is 7.05 Å². The van der Waals surface area contributed by atoms with Crippen LogP contribution in [-0.2, 0) is 4.79 Å². The molecule has 4 rings (SSSR count). The number of amides is 1. The van der Waals surface area contributed by atoms with Gasteiger partial charge in [0.15, 0.2) is 0 Å². The van der Waals surface area contributed by atoms with E-state index in [1.54, 1.807) is 0 Å². The normalized spacial score (nSPS) is 42.9. The Morgan fingerprint density at radius 2 is 1.67 bits per heavy atom. The predicted molar refractivity (Wildman–Crippen MR) is 72.1 cm³/mol. The van der Waals surface area contributed by atoms with E-state index in [4.69, 9.17) is 0 Å². The largest absolute Gasteiger partial charge is 0.352 e. The highest BCUT2D eigenvalue weighted by Crippen LogP contribution is 2.61. The van der Waals surface area contributed by atoms with Crippen molar-refractivity contribution in [2.45, 2.75) is 51.5 Å². The maximum absolute atomic E-state index is 11.8. The van der Waals surface area contributed by atoms with E-state index in [9.17, 15) is 4.79 Å². The summed E-state index contributed by atoms with van der Waals surface area (Å²) >= 11 is 0. The van der Waals surface area contributed by atoms with E-state index in [1.165, 1.54) is 38.5 Å². The standard InChI is InChI=1S/C15H26N2O/c1-10(17-14(18)9-16-2)15-6-11-3-12(7-15)5-13(4-11)8-15/h10-13,16H,3-9H2,1-2H3,(H,17,18). The van der Waals surface area contributed by atoms with E-state index >= 15 is 0 Å². The summed E-state index contributed by atoms with van der Waals surface area (Å²) in [5.41, 5.74) is 0.429. The van der Waals surface area contributed by atoms with Crippen molar-refractivity contribution in [2.75, 3.05) is 13.6 Å². The SMILES string of the molecule is CNCC(=O)NC(C)C12CC3CC(CC(C3)C1)C2. The van der Waals surface area contributed by atoms with E-state index in [-0.39, 0.29) is 5.91 Å². The van der Waals surface area contributed by atoms with Gasteiger partial charge in [-0.1, -0.05) is 0 Å². The molecule has 1 amide bonds. The number of likely N-dealkylation sites (N-methyl/N-ethyl adjacent to an activating group) is 1. The Morgan fingerprint density at radius 1 is 1.17 bits per heavy atom. The highest BCUT2D eigenvalue weighted by molar-refractivity contribution is 5.78. The lowest BCUT2D eigenvalue weighted by Gasteiger charge is -2.59. The number of rotatable bonds is 4. The Morgan fingerprint density at radius 3 is 2.11 bits per heavy atom. The molecule has 4 aliphatic carbocycles. The summed E-state index contributed by atoms with van der Waals surface area (Å²) < 4.78 is 0. The first-order valence-corrected chi connectivity index (χ1v) is 7.55. The van der Waals surface area contributed by atoms with Crippen LogP contribution in [0.3, 0.4) is 0 Å². The molecule has 3 nitrogen and oxygen atoms in total.